The van der Waals surface area contributed by atoms with E-state index in [0.29, 0.717) is 6.54 Å². The Morgan fingerprint density at radius 3 is 2.81 bits per heavy atom. The molecule has 3 aromatic rings. The third-order valence-electron chi connectivity index (χ3n) is 3.35. The van der Waals surface area contributed by atoms with Crippen molar-refractivity contribution in [2.45, 2.75) is 19.4 Å². The summed E-state index contributed by atoms with van der Waals surface area (Å²) in [5.41, 5.74) is 7.36. The molecule has 1 unspecified atom stereocenters. The summed E-state index contributed by atoms with van der Waals surface area (Å²) in [4.78, 5) is 8.68. The average molecular weight is 282 g/mol. The van der Waals surface area contributed by atoms with Crippen LogP contribution in [-0.2, 0) is 0 Å². The average Bonchev–Trinajstić information content (AvgIpc) is 2.93. The fourth-order valence-electron chi connectivity index (χ4n) is 2.27. The van der Waals surface area contributed by atoms with Gasteiger partial charge in [0.25, 0.3) is 0 Å². The van der Waals surface area contributed by atoms with Gasteiger partial charge in [-0.3, -0.25) is 0 Å². The molecule has 0 amide bonds. The molecule has 0 spiro atoms. The number of anilines is 1. The second-order valence-electron chi connectivity index (χ2n) is 4.97. The van der Waals surface area contributed by atoms with E-state index in [9.17, 15) is 0 Å². The number of aromatic nitrogens is 4. The lowest BCUT2D eigenvalue weighted by Crippen LogP contribution is -2.20. The lowest BCUT2D eigenvalue weighted by molar-refractivity contribution is 0.714. The van der Waals surface area contributed by atoms with Crippen molar-refractivity contribution in [3.8, 4) is 5.69 Å². The highest BCUT2D eigenvalue weighted by Crippen LogP contribution is 2.22. The molecule has 6 heteroatoms. The fraction of sp³-hybridized carbons (Fsp3) is 0.267. The van der Waals surface area contributed by atoms with Crippen molar-refractivity contribution in [3.05, 3.63) is 42.9 Å². The van der Waals surface area contributed by atoms with Crippen molar-refractivity contribution >= 4 is 16.9 Å². The Balaban J connectivity index is 2.00. The van der Waals surface area contributed by atoms with Crippen molar-refractivity contribution in [2.75, 3.05) is 11.9 Å². The molecule has 0 aliphatic carbocycles. The van der Waals surface area contributed by atoms with E-state index in [1.807, 2.05) is 35.0 Å². The molecule has 0 aliphatic heterocycles. The van der Waals surface area contributed by atoms with Gasteiger partial charge in [-0.25, -0.2) is 14.6 Å². The predicted octanol–water partition coefficient (Wildman–Crippen LogP) is 1.96. The Morgan fingerprint density at radius 1 is 1.24 bits per heavy atom. The molecule has 0 radical (unpaired) electrons. The van der Waals surface area contributed by atoms with Crippen molar-refractivity contribution < 1.29 is 0 Å². The Morgan fingerprint density at radius 2 is 2.05 bits per heavy atom. The molecule has 0 fully saturated rings. The van der Waals surface area contributed by atoms with E-state index in [-0.39, 0.29) is 6.04 Å². The number of hydrogen-bond acceptors (Lipinski definition) is 5. The minimum Gasteiger partial charge on any atom is -0.367 e. The first kappa shape index (κ1) is 13.5. The van der Waals surface area contributed by atoms with Crippen molar-refractivity contribution in [1.82, 2.24) is 19.7 Å². The van der Waals surface area contributed by atoms with Crippen LogP contribution in [0.2, 0.25) is 0 Å². The van der Waals surface area contributed by atoms with Crippen LogP contribution in [0.4, 0.5) is 5.82 Å². The summed E-state index contributed by atoms with van der Waals surface area (Å²) in [5, 5.41) is 8.70. The fourth-order valence-corrected chi connectivity index (χ4v) is 2.27. The van der Waals surface area contributed by atoms with Gasteiger partial charge >= 0.3 is 0 Å². The number of fused-ring (bicyclic) bond motifs is 1. The van der Waals surface area contributed by atoms with Crippen molar-refractivity contribution in [2.24, 2.45) is 5.73 Å². The van der Waals surface area contributed by atoms with E-state index < -0.39 is 0 Å². The number of nitrogens with one attached hydrogen (secondary N) is 1. The molecule has 2 aromatic heterocycles. The van der Waals surface area contributed by atoms with Gasteiger partial charge in [0, 0.05) is 6.04 Å². The SMILES string of the molecule is CC(CCN)Nc1ncnc2c1cnn2-c1ccccc1. The van der Waals surface area contributed by atoms with Crippen LogP contribution in [0.5, 0.6) is 0 Å². The minimum absolute atomic E-state index is 0.258. The van der Waals surface area contributed by atoms with Gasteiger partial charge in [-0.05, 0) is 32.0 Å². The first-order valence-electron chi connectivity index (χ1n) is 7.00. The molecule has 0 bridgehead atoms. The van der Waals surface area contributed by atoms with E-state index >= 15 is 0 Å². The highest BCUT2D eigenvalue weighted by Gasteiger charge is 2.12. The molecule has 0 saturated heterocycles. The second-order valence-corrected chi connectivity index (χ2v) is 4.97. The van der Waals surface area contributed by atoms with Crippen LogP contribution in [0.25, 0.3) is 16.7 Å². The maximum atomic E-state index is 5.59. The largest absolute Gasteiger partial charge is 0.367 e. The molecular formula is C15H18N6. The maximum Gasteiger partial charge on any atom is 0.168 e. The molecule has 0 aliphatic rings. The van der Waals surface area contributed by atoms with E-state index in [2.05, 4.69) is 27.3 Å². The third kappa shape index (κ3) is 2.71. The number of nitrogens with two attached hydrogens (primary N) is 1. The van der Waals surface area contributed by atoms with Gasteiger partial charge in [0.2, 0.25) is 0 Å². The zero-order chi connectivity index (χ0) is 14.7. The topological polar surface area (TPSA) is 81.7 Å². The van der Waals surface area contributed by atoms with E-state index in [1.54, 1.807) is 12.5 Å². The van der Waals surface area contributed by atoms with Crippen molar-refractivity contribution in [3.63, 3.8) is 0 Å². The number of rotatable bonds is 5. The summed E-state index contributed by atoms with van der Waals surface area (Å²) in [6.45, 7) is 2.73. The number of nitrogens with zero attached hydrogens (tertiary/aromatic N) is 4. The van der Waals surface area contributed by atoms with Gasteiger partial charge < -0.3 is 11.1 Å². The van der Waals surface area contributed by atoms with E-state index in [0.717, 1.165) is 29.0 Å². The zero-order valence-corrected chi connectivity index (χ0v) is 11.9. The first-order valence-corrected chi connectivity index (χ1v) is 7.00. The van der Waals surface area contributed by atoms with Crippen LogP contribution in [-0.4, -0.2) is 32.3 Å². The van der Waals surface area contributed by atoms with Gasteiger partial charge in [0.1, 0.15) is 12.1 Å². The monoisotopic (exact) mass is 282 g/mol. The summed E-state index contributed by atoms with van der Waals surface area (Å²) in [7, 11) is 0. The molecule has 6 nitrogen and oxygen atoms in total. The van der Waals surface area contributed by atoms with Crippen LogP contribution in [0.3, 0.4) is 0 Å². The lowest BCUT2D eigenvalue weighted by Gasteiger charge is -2.13. The molecule has 108 valence electrons. The quantitative estimate of drug-likeness (QED) is 0.747. The van der Waals surface area contributed by atoms with Gasteiger partial charge in [-0.2, -0.15) is 5.10 Å². The van der Waals surface area contributed by atoms with Crippen LogP contribution < -0.4 is 11.1 Å². The molecule has 1 aromatic carbocycles. The highest BCUT2D eigenvalue weighted by atomic mass is 15.3. The van der Waals surface area contributed by atoms with E-state index in [1.165, 1.54) is 0 Å². The first-order chi connectivity index (χ1) is 10.3. The molecule has 3 N–H and O–H groups in total. The molecule has 0 saturated carbocycles. The number of hydrogen-bond donors (Lipinski definition) is 2. The number of benzene rings is 1. The van der Waals surface area contributed by atoms with Crippen LogP contribution in [0.15, 0.2) is 42.9 Å². The van der Waals surface area contributed by atoms with Crippen LogP contribution in [0, 0.1) is 0 Å². The minimum atomic E-state index is 0.258. The molecule has 21 heavy (non-hydrogen) atoms. The Hall–Kier alpha value is -2.47. The molecule has 2 heterocycles. The van der Waals surface area contributed by atoms with Gasteiger partial charge in [-0.1, -0.05) is 18.2 Å². The maximum absolute atomic E-state index is 5.59. The van der Waals surface area contributed by atoms with Gasteiger partial charge in [0.05, 0.1) is 17.3 Å². The standard InChI is InChI=1S/C15H18N6/c1-11(7-8-16)20-14-13-9-19-21(15(13)18-10-17-14)12-5-3-2-4-6-12/h2-6,9-11H,7-8,16H2,1H3,(H,17,18,20). The van der Waals surface area contributed by atoms with Gasteiger partial charge in [-0.15, -0.1) is 0 Å². The lowest BCUT2D eigenvalue weighted by atomic mass is 10.2. The predicted molar refractivity (Wildman–Crippen MR) is 83.4 cm³/mol. The van der Waals surface area contributed by atoms with Crippen LogP contribution >= 0.6 is 0 Å². The summed E-state index contributed by atoms with van der Waals surface area (Å²) in [5.74, 6) is 0.795. The number of para-hydroxylation sites is 1. The van der Waals surface area contributed by atoms with Gasteiger partial charge in [0.15, 0.2) is 5.65 Å². The van der Waals surface area contributed by atoms with Crippen molar-refractivity contribution in [1.29, 1.82) is 0 Å². The normalized spacial score (nSPS) is 12.5. The molecule has 3 rings (SSSR count). The zero-order valence-electron chi connectivity index (χ0n) is 11.9. The Labute approximate surface area is 123 Å². The highest BCUT2D eigenvalue weighted by molar-refractivity contribution is 5.87. The summed E-state index contributed by atoms with van der Waals surface area (Å²) < 4.78 is 1.82. The summed E-state index contributed by atoms with van der Waals surface area (Å²) in [6, 6.07) is 10.2. The second kappa shape index (κ2) is 5.88. The Bertz CT molecular complexity index is 721. The van der Waals surface area contributed by atoms with E-state index in [4.69, 9.17) is 5.73 Å². The van der Waals surface area contributed by atoms with Crippen LogP contribution in [0.1, 0.15) is 13.3 Å². The summed E-state index contributed by atoms with van der Waals surface area (Å²) in [6.07, 6.45) is 4.24. The third-order valence-corrected chi connectivity index (χ3v) is 3.35. The Kier molecular flexibility index (Phi) is 3.79. The smallest absolute Gasteiger partial charge is 0.168 e. The molecule has 1 atom stereocenters. The summed E-state index contributed by atoms with van der Waals surface area (Å²) >= 11 is 0. The molecular weight excluding hydrogens is 264 g/mol.